The lowest BCUT2D eigenvalue weighted by Crippen LogP contribution is -2.32. The van der Waals surface area contributed by atoms with Crippen LogP contribution in [-0.2, 0) is 23.6 Å². The normalized spacial score (nSPS) is 14.2. The fourth-order valence-corrected chi connectivity index (χ4v) is 1.48. The Kier molecular flexibility index (Phi) is 4.33. The predicted octanol–water partition coefficient (Wildman–Crippen LogP) is 2.68. The zero-order valence-electron chi connectivity index (χ0n) is 9.72. The number of benzene rings is 1. The van der Waals surface area contributed by atoms with Crippen molar-refractivity contribution >= 4 is 5.97 Å². The lowest BCUT2D eigenvalue weighted by Gasteiger charge is -2.15. The summed E-state index contributed by atoms with van der Waals surface area (Å²) in [5, 5.41) is 8.53. The first-order valence-corrected chi connectivity index (χ1v) is 5.18. The molecular formula is C11H9F6NO2. The number of hydrogen-bond donors (Lipinski definition) is 2. The standard InChI is InChI=1S/C11H9F6NO2/c12-10(13,14)6-1-5(3-8(18)9(19)20)2-7(4-6)11(15,16)17/h1-2,4,8H,3,18H2,(H,19,20)/t8-/m0/s1. The van der Waals surface area contributed by atoms with E-state index in [9.17, 15) is 31.1 Å². The minimum atomic E-state index is -4.97. The van der Waals surface area contributed by atoms with Gasteiger partial charge >= 0.3 is 18.3 Å². The number of nitrogens with two attached hydrogens (primary N) is 1. The van der Waals surface area contributed by atoms with Gasteiger partial charge in [-0.2, -0.15) is 26.3 Å². The summed E-state index contributed by atoms with van der Waals surface area (Å²) in [7, 11) is 0. The van der Waals surface area contributed by atoms with Crippen molar-refractivity contribution in [3.63, 3.8) is 0 Å². The van der Waals surface area contributed by atoms with Crippen molar-refractivity contribution in [3.05, 3.63) is 34.9 Å². The summed E-state index contributed by atoms with van der Waals surface area (Å²) in [4.78, 5) is 10.5. The molecule has 0 heterocycles. The molecule has 0 bridgehead atoms. The molecule has 0 aliphatic heterocycles. The van der Waals surface area contributed by atoms with Gasteiger partial charge in [-0.15, -0.1) is 0 Å². The molecule has 1 atom stereocenters. The smallest absolute Gasteiger partial charge is 0.416 e. The van der Waals surface area contributed by atoms with Crippen LogP contribution in [0.2, 0.25) is 0 Å². The Bertz CT molecular complexity index is 476. The summed E-state index contributed by atoms with van der Waals surface area (Å²) in [6, 6.07) is -0.703. The van der Waals surface area contributed by atoms with Gasteiger partial charge in [0, 0.05) is 0 Å². The Hall–Kier alpha value is -1.77. The number of halogens is 6. The van der Waals surface area contributed by atoms with Gasteiger partial charge in [0.1, 0.15) is 6.04 Å². The van der Waals surface area contributed by atoms with Crippen LogP contribution >= 0.6 is 0 Å². The molecule has 0 fully saturated rings. The van der Waals surface area contributed by atoms with Crippen molar-refractivity contribution in [2.24, 2.45) is 5.73 Å². The maximum absolute atomic E-state index is 12.5. The third kappa shape index (κ3) is 4.12. The molecule has 0 aliphatic rings. The summed E-state index contributed by atoms with van der Waals surface area (Å²) in [5.74, 6) is -1.52. The quantitative estimate of drug-likeness (QED) is 0.844. The molecule has 0 spiro atoms. The van der Waals surface area contributed by atoms with Crippen molar-refractivity contribution in [2.45, 2.75) is 24.8 Å². The lowest BCUT2D eigenvalue weighted by atomic mass is 10.00. The molecule has 0 unspecified atom stereocenters. The molecule has 1 rings (SSSR count). The van der Waals surface area contributed by atoms with E-state index >= 15 is 0 Å². The molecule has 0 amide bonds. The average Bonchev–Trinajstić information content (AvgIpc) is 2.26. The van der Waals surface area contributed by atoms with E-state index in [4.69, 9.17) is 10.8 Å². The monoisotopic (exact) mass is 301 g/mol. The summed E-state index contributed by atoms with van der Waals surface area (Å²) in [6.45, 7) is 0. The number of carboxylic acid groups (broad SMARTS) is 1. The van der Waals surface area contributed by atoms with Gasteiger partial charge in [0.2, 0.25) is 0 Å². The first-order valence-electron chi connectivity index (χ1n) is 5.18. The van der Waals surface area contributed by atoms with Crippen LogP contribution in [-0.4, -0.2) is 17.1 Å². The largest absolute Gasteiger partial charge is 0.480 e. The van der Waals surface area contributed by atoms with E-state index in [1.807, 2.05) is 0 Å². The average molecular weight is 301 g/mol. The highest BCUT2D eigenvalue weighted by Gasteiger charge is 2.37. The van der Waals surface area contributed by atoms with Gasteiger partial charge in [-0.3, -0.25) is 4.79 Å². The highest BCUT2D eigenvalue weighted by Crippen LogP contribution is 2.36. The minimum Gasteiger partial charge on any atom is -0.480 e. The van der Waals surface area contributed by atoms with Crippen molar-refractivity contribution in [1.82, 2.24) is 0 Å². The molecule has 0 aromatic heterocycles. The first kappa shape index (κ1) is 16.3. The van der Waals surface area contributed by atoms with Crippen molar-refractivity contribution in [1.29, 1.82) is 0 Å². The Morgan fingerprint density at radius 3 is 1.75 bits per heavy atom. The zero-order valence-corrected chi connectivity index (χ0v) is 9.72. The number of aliphatic carboxylic acids is 1. The number of alkyl halides is 6. The second-order valence-electron chi connectivity index (χ2n) is 4.06. The molecule has 1 aromatic carbocycles. The van der Waals surface area contributed by atoms with Crippen LogP contribution in [0.5, 0.6) is 0 Å². The molecule has 112 valence electrons. The lowest BCUT2D eigenvalue weighted by molar-refractivity contribution is -0.143. The second kappa shape index (κ2) is 5.31. The van der Waals surface area contributed by atoms with E-state index < -0.39 is 47.5 Å². The molecular weight excluding hydrogens is 292 g/mol. The highest BCUT2D eigenvalue weighted by atomic mass is 19.4. The molecule has 1 aromatic rings. The van der Waals surface area contributed by atoms with E-state index in [-0.39, 0.29) is 6.07 Å². The Morgan fingerprint density at radius 2 is 1.45 bits per heavy atom. The number of hydrogen-bond acceptors (Lipinski definition) is 2. The fraction of sp³-hybridized carbons (Fsp3) is 0.364. The van der Waals surface area contributed by atoms with Gasteiger partial charge in [0.05, 0.1) is 11.1 Å². The SMILES string of the molecule is N[C@@H](Cc1cc(C(F)(F)F)cc(C(F)(F)F)c1)C(=O)O. The van der Waals surface area contributed by atoms with Gasteiger partial charge < -0.3 is 10.8 Å². The van der Waals surface area contributed by atoms with Crippen molar-refractivity contribution in [2.75, 3.05) is 0 Å². The maximum atomic E-state index is 12.5. The van der Waals surface area contributed by atoms with Gasteiger partial charge in [-0.05, 0) is 30.2 Å². The topological polar surface area (TPSA) is 63.3 Å². The van der Waals surface area contributed by atoms with Crippen molar-refractivity contribution in [3.8, 4) is 0 Å². The number of carboxylic acids is 1. The summed E-state index contributed by atoms with van der Waals surface area (Å²) in [6.07, 6.45) is -10.6. The van der Waals surface area contributed by atoms with Gasteiger partial charge in [0.25, 0.3) is 0 Å². The molecule has 20 heavy (non-hydrogen) atoms. The van der Waals surface area contributed by atoms with Crippen LogP contribution in [0.1, 0.15) is 16.7 Å². The minimum absolute atomic E-state index is 0.0320. The Labute approximate surface area is 109 Å². The van der Waals surface area contributed by atoms with Gasteiger partial charge in [0.15, 0.2) is 0 Å². The molecule has 3 nitrogen and oxygen atoms in total. The Morgan fingerprint density at radius 1 is 1.05 bits per heavy atom. The third-order valence-corrected chi connectivity index (χ3v) is 2.42. The summed E-state index contributed by atoms with van der Waals surface area (Å²) < 4.78 is 75.1. The third-order valence-electron chi connectivity index (χ3n) is 2.42. The first-order chi connectivity index (χ1) is 8.91. The van der Waals surface area contributed by atoms with E-state index in [0.717, 1.165) is 0 Å². The number of rotatable bonds is 3. The van der Waals surface area contributed by atoms with Crippen molar-refractivity contribution < 1.29 is 36.2 Å². The molecule has 9 heteroatoms. The second-order valence-corrected chi connectivity index (χ2v) is 4.06. The summed E-state index contributed by atoms with van der Waals surface area (Å²) >= 11 is 0. The molecule has 3 N–H and O–H groups in total. The fourth-order valence-electron chi connectivity index (χ4n) is 1.48. The molecule has 0 saturated carbocycles. The van der Waals surface area contributed by atoms with E-state index in [2.05, 4.69) is 0 Å². The maximum Gasteiger partial charge on any atom is 0.416 e. The van der Waals surface area contributed by atoms with Crippen LogP contribution in [0.3, 0.4) is 0 Å². The predicted molar refractivity (Wildman–Crippen MR) is 55.8 cm³/mol. The molecule has 0 aliphatic carbocycles. The molecule has 0 saturated heterocycles. The highest BCUT2D eigenvalue weighted by molar-refractivity contribution is 5.73. The van der Waals surface area contributed by atoms with Crippen LogP contribution in [0.4, 0.5) is 26.3 Å². The molecule has 0 radical (unpaired) electrons. The van der Waals surface area contributed by atoms with E-state index in [1.165, 1.54) is 0 Å². The zero-order chi connectivity index (χ0) is 15.7. The van der Waals surface area contributed by atoms with Crippen LogP contribution in [0.15, 0.2) is 18.2 Å². The van der Waals surface area contributed by atoms with Gasteiger partial charge in [-0.1, -0.05) is 0 Å². The van der Waals surface area contributed by atoms with Gasteiger partial charge in [-0.25, -0.2) is 0 Å². The summed E-state index contributed by atoms with van der Waals surface area (Å²) in [5.41, 5.74) is 1.66. The van der Waals surface area contributed by atoms with Crippen LogP contribution in [0, 0.1) is 0 Å². The van der Waals surface area contributed by atoms with Crippen LogP contribution < -0.4 is 5.73 Å². The number of carbonyl (C=O) groups is 1. The Balaban J connectivity index is 3.28. The van der Waals surface area contributed by atoms with E-state index in [1.54, 1.807) is 0 Å². The van der Waals surface area contributed by atoms with E-state index in [0.29, 0.717) is 12.1 Å². The van der Waals surface area contributed by atoms with Crippen LogP contribution in [0.25, 0.3) is 0 Å².